The van der Waals surface area contributed by atoms with Gasteiger partial charge in [-0.3, -0.25) is 4.68 Å². The van der Waals surface area contributed by atoms with Gasteiger partial charge >= 0.3 is 0 Å². The van der Waals surface area contributed by atoms with E-state index < -0.39 is 6.10 Å². The summed E-state index contributed by atoms with van der Waals surface area (Å²) in [5.74, 6) is 0.637. The van der Waals surface area contributed by atoms with Crippen LogP contribution < -0.4 is 0 Å². The van der Waals surface area contributed by atoms with Gasteiger partial charge in [-0.25, -0.2) is 4.98 Å². The summed E-state index contributed by atoms with van der Waals surface area (Å²) in [7, 11) is 1.87. The van der Waals surface area contributed by atoms with Crippen LogP contribution in [0.2, 0.25) is 0 Å². The van der Waals surface area contributed by atoms with E-state index in [4.69, 9.17) is 0 Å². The number of nitrogens with zero attached hydrogens (tertiary/aromatic N) is 4. The molecule has 86 valence electrons. The molecule has 16 heavy (non-hydrogen) atoms. The Morgan fingerprint density at radius 1 is 1.44 bits per heavy atom. The fourth-order valence-corrected chi connectivity index (χ4v) is 1.75. The zero-order valence-corrected chi connectivity index (χ0v) is 9.54. The zero-order chi connectivity index (χ0) is 11.5. The van der Waals surface area contributed by atoms with Crippen LogP contribution in [0.15, 0.2) is 24.7 Å². The van der Waals surface area contributed by atoms with E-state index in [9.17, 15) is 5.11 Å². The lowest BCUT2D eigenvalue weighted by molar-refractivity contribution is 0.194. The minimum atomic E-state index is -0.714. The lowest BCUT2D eigenvalue weighted by Crippen LogP contribution is -2.13. The first-order chi connectivity index (χ1) is 7.74. The van der Waals surface area contributed by atoms with Gasteiger partial charge in [0.15, 0.2) is 6.10 Å². The lowest BCUT2D eigenvalue weighted by atomic mass is 10.2. The number of hydrogen-bond donors (Lipinski definition) is 1. The molecule has 0 fully saturated rings. The molecule has 5 heteroatoms. The summed E-state index contributed by atoms with van der Waals surface area (Å²) < 4.78 is 3.63. The number of aromatic nitrogens is 4. The Morgan fingerprint density at radius 2 is 2.25 bits per heavy atom. The van der Waals surface area contributed by atoms with Crippen LogP contribution in [0.1, 0.15) is 31.0 Å². The monoisotopic (exact) mass is 220 g/mol. The van der Waals surface area contributed by atoms with E-state index in [1.165, 1.54) is 0 Å². The van der Waals surface area contributed by atoms with E-state index in [-0.39, 0.29) is 0 Å². The number of aliphatic hydroxyl groups is 1. The van der Waals surface area contributed by atoms with Crippen molar-refractivity contribution in [1.29, 1.82) is 0 Å². The van der Waals surface area contributed by atoms with Gasteiger partial charge in [-0.1, -0.05) is 6.92 Å². The van der Waals surface area contributed by atoms with E-state index >= 15 is 0 Å². The molecule has 0 aliphatic carbocycles. The summed E-state index contributed by atoms with van der Waals surface area (Å²) in [6, 6.07) is 1.83. The molecule has 0 aliphatic rings. The Kier molecular flexibility index (Phi) is 3.05. The van der Waals surface area contributed by atoms with Gasteiger partial charge in [0.1, 0.15) is 5.82 Å². The van der Waals surface area contributed by atoms with Gasteiger partial charge in [0.05, 0.1) is 5.69 Å². The molecule has 0 amide bonds. The summed E-state index contributed by atoms with van der Waals surface area (Å²) in [5.41, 5.74) is 0.788. The summed E-state index contributed by atoms with van der Waals surface area (Å²) in [6.07, 6.45) is 5.48. The SMILES string of the molecule is CCCn1nccc1C(O)c1nccn1C. The fourth-order valence-electron chi connectivity index (χ4n) is 1.75. The predicted octanol–water partition coefficient (Wildman–Crippen LogP) is 1.11. The normalized spacial score (nSPS) is 12.9. The fraction of sp³-hybridized carbons (Fsp3) is 0.455. The molecule has 0 saturated carbocycles. The van der Waals surface area contributed by atoms with Crippen LogP contribution in [-0.4, -0.2) is 24.4 Å². The topological polar surface area (TPSA) is 55.9 Å². The van der Waals surface area contributed by atoms with Gasteiger partial charge in [0, 0.05) is 32.2 Å². The second-order valence-electron chi connectivity index (χ2n) is 3.78. The number of aliphatic hydroxyl groups excluding tert-OH is 1. The molecular weight excluding hydrogens is 204 g/mol. The van der Waals surface area contributed by atoms with Gasteiger partial charge in [-0.15, -0.1) is 0 Å². The summed E-state index contributed by atoms with van der Waals surface area (Å²) in [4.78, 5) is 4.14. The average Bonchev–Trinajstić information content (AvgIpc) is 2.87. The summed E-state index contributed by atoms with van der Waals surface area (Å²) >= 11 is 0. The van der Waals surface area contributed by atoms with Crippen molar-refractivity contribution in [2.75, 3.05) is 0 Å². The minimum Gasteiger partial charge on any atom is -0.379 e. The van der Waals surface area contributed by atoms with E-state index in [0.29, 0.717) is 5.82 Å². The maximum Gasteiger partial charge on any atom is 0.153 e. The van der Waals surface area contributed by atoms with Crippen LogP contribution in [0.4, 0.5) is 0 Å². The standard InChI is InChI=1S/C11H16N4O/c1-3-7-15-9(4-5-13-15)10(16)11-12-6-8-14(11)2/h4-6,8,10,16H,3,7H2,1-2H3. The highest BCUT2D eigenvalue weighted by Crippen LogP contribution is 2.19. The highest BCUT2D eigenvalue weighted by molar-refractivity contribution is 5.14. The zero-order valence-electron chi connectivity index (χ0n) is 9.54. The minimum absolute atomic E-state index is 0.637. The van der Waals surface area contributed by atoms with E-state index in [2.05, 4.69) is 17.0 Å². The maximum atomic E-state index is 10.2. The first-order valence-electron chi connectivity index (χ1n) is 5.41. The van der Waals surface area contributed by atoms with Gasteiger partial charge in [-0.05, 0) is 12.5 Å². The molecule has 0 spiro atoms. The average molecular weight is 220 g/mol. The third-order valence-electron chi connectivity index (χ3n) is 2.57. The van der Waals surface area contributed by atoms with E-state index in [1.807, 2.05) is 28.6 Å². The van der Waals surface area contributed by atoms with Crippen LogP contribution in [0.3, 0.4) is 0 Å². The first kappa shape index (κ1) is 10.9. The highest BCUT2D eigenvalue weighted by atomic mass is 16.3. The van der Waals surface area contributed by atoms with Gasteiger partial charge < -0.3 is 9.67 Å². The Labute approximate surface area is 94.4 Å². The van der Waals surface area contributed by atoms with E-state index in [0.717, 1.165) is 18.7 Å². The van der Waals surface area contributed by atoms with Crippen molar-refractivity contribution in [2.45, 2.75) is 26.0 Å². The number of rotatable bonds is 4. The van der Waals surface area contributed by atoms with Crippen molar-refractivity contribution >= 4 is 0 Å². The molecule has 0 radical (unpaired) electrons. The third kappa shape index (κ3) is 1.86. The maximum absolute atomic E-state index is 10.2. The third-order valence-corrected chi connectivity index (χ3v) is 2.57. The van der Waals surface area contributed by atoms with Gasteiger partial charge in [-0.2, -0.15) is 5.10 Å². The van der Waals surface area contributed by atoms with Crippen LogP contribution in [0.5, 0.6) is 0 Å². The first-order valence-corrected chi connectivity index (χ1v) is 5.41. The highest BCUT2D eigenvalue weighted by Gasteiger charge is 2.18. The molecule has 0 bridgehead atoms. The van der Waals surface area contributed by atoms with Gasteiger partial charge in [0.25, 0.3) is 0 Å². The molecular formula is C11H16N4O. The van der Waals surface area contributed by atoms with Gasteiger partial charge in [0.2, 0.25) is 0 Å². The Bertz CT molecular complexity index is 460. The Hall–Kier alpha value is -1.62. The molecule has 0 aliphatic heterocycles. The molecule has 1 atom stereocenters. The van der Waals surface area contributed by atoms with Crippen molar-refractivity contribution in [3.63, 3.8) is 0 Å². The largest absolute Gasteiger partial charge is 0.379 e. The lowest BCUT2D eigenvalue weighted by Gasteiger charge is -2.12. The molecule has 2 aromatic heterocycles. The molecule has 0 saturated heterocycles. The van der Waals surface area contributed by atoms with Crippen molar-refractivity contribution in [2.24, 2.45) is 7.05 Å². The van der Waals surface area contributed by atoms with Crippen molar-refractivity contribution in [3.8, 4) is 0 Å². The summed E-state index contributed by atoms with van der Waals surface area (Å²) in [5, 5.41) is 14.4. The van der Waals surface area contributed by atoms with Crippen molar-refractivity contribution in [1.82, 2.24) is 19.3 Å². The van der Waals surface area contributed by atoms with Crippen LogP contribution in [-0.2, 0) is 13.6 Å². The number of hydrogen-bond acceptors (Lipinski definition) is 3. The van der Waals surface area contributed by atoms with Crippen molar-refractivity contribution in [3.05, 3.63) is 36.2 Å². The Balaban J connectivity index is 2.30. The van der Waals surface area contributed by atoms with Crippen LogP contribution >= 0.6 is 0 Å². The quantitative estimate of drug-likeness (QED) is 0.839. The molecule has 2 rings (SSSR count). The second kappa shape index (κ2) is 4.49. The molecule has 1 unspecified atom stereocenters. The smallest absolute Gasteiger partial charge is 0.153 e. The molecule has 2 aromatic rings. The molecule has 1 N–H and O–H groups in total. The Morgan fingerprint density at radius 3 is 2.88 bits per heavy atom. The number of aryl methyl sites for hydroxylation is 2. The summed E-state index contributed by atoms with van der Waals surface area (Å²) in [6.45, 7) is 2.89. The molecule has 0 aromatic carbocycles. The molecule has 2 heterocycles. The predicted molar refractivity (Wildman–Crippen MR) is 59.8 cm³/mol. The van der Waals surface area contributed by atoms with Crippen LogP contribution in [0.25, 0.3) is 0 Å². The van der Waals surface area contributed by atoms with Crippen molar-refractivity contribution < 1.29 is 5.11 Å². The molecule has 5 nitrogen and oxygen atoms in total. The van der Waals surface area contributed by atoms with E-state index in [1.54, 1.807) is 12.4 Å². The van der Waals surface area contributed by atoms with Crippen LogP contribution in [0, 0.1) is 0 Å². The second-order valence-corrected chi connectivity index (χ2v) is 3.78. The number of imidazole rings is 1.